The molecule has 0 saturated heterocycles. The molecule has 4 heteroatoms. The van der Waals surface area contributed by atoms with Gasteiger partial charge in [-0.15, -0.1) is 0 Å². The van der Waals surface area contributed by atoms with Crippen molar-refractivity contribution in [3.63, 3.8) is 0 Å². The highest BCUT2D eigenvalue weighted by Gasteiger charge is 2.09. The zero-order valence-electron chi connectivity index (χ0n) is 7.83. The topological polar surface area (TPSA) is 63.3 Å². The molecule has 0 spiro atoms. The number of halogens is 1. The number of carboxylic acids is 1. The Bertz CT molecular complexity index is 350. The fourth-order valence-electron chi connectivity index (χ4n) is 1.24. The summed E-state index contributed by atoms with van der Waals surface area (Å²) in [5.74, 6) is -1.01. The molecule has 0 saturated carbocycles. The predicted molar refractivity (Wildman–Crippen MR) is 55.8 cm³/mol. The van der Waals surface area contributed by atoms with Crippen molar-refractivity contribution in [1.82, 2.24) is 0 Å². The maximum Gasteiger partial charge on any atom is 0.337 e. The van der Waals surface area contributed by atoms with Crippen molar-refractivity contribution in [3.05, 3.63) is 34.3 Å². The average Bonchev–Trinajstić information content (AvgIpc) is 2.07. The summed E-state index contributed by atoms with van der Waals surface area (Å²) >= 11 is 5.72. The van der Waals surface area contributed by atoms with Crippen LogP contribution in [0.1, 0.15) is 22.8 Å². The van der Waals surface area contributed by atoms with E-state index in [2.05, 4.69) is 0 Å². The van der Waals surface area contributed by atoms with E-state index in [1.54, 1.807) is 18.2 Å². The molecule has 0 aliphatic rings. The van der Waals surface area contributed by atoms with Crippen LogP contribution in [0.25, 0.3) is 0 Å². The number of carboxylic acid groups (broad SMARTS) is 1. The van der Waals surface area contributed by atoms with E-state index < -0.39 is 5.97 Å². The minimum Gasteiger partial charge on any atom is -0.478 e. The van der Waals surface area contributed by atoms with E-state index >= 15 is 0 Å². The number of benzene rings is 1. The number of hydrogen-bond acceptors (Lipinski definition) is 2. The Hall–Kier alpha value is -1.06. The lowest BCUT2D eigenvalue weighted by atomic mass is 10.0. The summed E-state index contributed by atoms with van der Waals surface area (Å²) in [4.78, 5) is 10.7. The summed E-state index contributed by atoms with van der Waals surface area (Å²) in [6, 6.07) is 4.95. The van der Waals surface area contributed by atoms with Gasteiger partial charge < -0.3 is 10.8 Å². The van der Waals surface area contributed by atoms with Gasteiger partial charge in [0.25, 0.3) is 0 Å². The second-order valence-electron chi connectivity index (χ2n) is 3.30. The molecule has 1 atom stereocenters. The van der Waals surface area contributed by atoms with E-state index in [-0.39, 0.29) is 16.6 Å². The van der Waals surface area contributed by atoms with E-state index in [0.717, 1.165) is 5.56 Å². The second kappa shape index (κ2) is 4.44. The molecule has 0 fully saturated rings. The quantitative estimate of drug-likeness (QED) is 0.807. The van der Waals surface area contributed by atoms with Crippen LogP contribution in [0.4, 0.5) is 0 Å². The average molecular weight is 214 g/mol. The molecule has 76 valence electrons. The SMILES string of the molecule is CC(N)Cc1ccc(Cl)c(C(=O)O)c1. The third-order valence-corrected chi connectivity index (χ3v) is 2.15. The van der Waals surface area contributed by atoms with Gasteiger partial charge in [-0.2, -0.15) is 0 Å². The first-order chi connectivity index (χ1) is 6.50. The molecule has 1 unspecified atom stereocenters. The molecule has 0 aliphatic carbocycles. The van der Waals surface area contributed by atoms with Crippen molar-refractivity contribution in [3.8, 4) is 0 Å². The van der Waals surface area contributed by atoms with Crippen molar-refractivity contribution in [2.24, 2.45) is 5.73 Å². The van der Waals surface area contributed by atoms with Gasteiger partial charge in [-0.1, -0.05) is 17.7 Å². The molecule has 0 aromatic heterocycles. The van der Waals surface area contributed by atoms with E-state index in [4.69, 9.17) is 22.4 Å². The van der Waals surface area contributed by atoms with Gasteiger partial charge in [0.1, 0.15) is 0 Å². The Morgan fingerprint density at radius 1 is 1.64 bits per heavy atom. The fourth-order valence-corrected chi connectivity index (χ4v) is 1.43. The number of carbonyl (C=O) groups is 1. The molecule has 3 nitrogen and oxygen atoms in total. The highest BCUT2D eigenvalue weighted by molar-refractivity contribution is 6.33. The minimum absolute atomic E-state index is 0.0119. The second-order valence-corrected chi connectivity index (χ2v) is 3.71. The summed E-state index contributed by atoms with van der Waals surface area (Å²) in [6.45, 7) is 1.87. The standard InChI is InChI=1S/C10H12ClNO2/c1-6(12)4-7-2-3-9(11)8(5-7)10(13)14/h2-3,5-6H,4,12H2,1H3,(H,13,14). The molecule has 0 radical (unpaired) electrons. The molecule has 0 heterocycles. The van der Waals surface area contributed by atoms with Gasteiger partial charge >= 0.3 is 5.97 Å². The van der Waals surface area contributed by atoms with Crippen molar-refractivity contribution in [2.75, 3.05) is 0 Å². The van der Waals surface area contributed by atoms with Crippen LogP contribution < -0.4 is 5.73 Å². The van der Waals surface area contributed by atoms with Crippen molar-refractivity contribution in [1.29, 1.82) is 0 Å². The van der Waals surface area contributed by atoms with Crippen LogP contribution in [0, 0.1) is 0 Å². The molecular formula is C10H12ClNO2. The third-order valence-electron chi connectivity index (χ3n) is 1.82. The van der Waals surface area contributed by atoms with Crippen LogP contribution in [-0.2, 0) is 6.42 Å². The summed E-state index contributed by atoms with van der Waals surface area (Å²) in [5.41, 5.74) is 6.63. The van der Waals surface area contributed by atoms with Crippen LogP contribution in [-0.4, -0.2) is 17.1 Å². The minimum atomic E-state index is -1.01. The summed E-state index contributed by atoms with van der Waals surface area (Å²) in [6.07, 6.45) is 0.650. The van der Waals surface area contributed by atoms with Crippen LogP contribution in [0.5, 0.6) is 0 Å². The first kappa shape index (κ1) is 11.0. The summed E-state index contributed by atoms with van der Waals surface area (Å²) in [7, 11) is 0. The largest absolute Gasteiger partial charge is 0.478 e. The van der Waals surface area contributed by atoms with Gasteiger partial charge in [-0.05, 0) is 31.0 Å². The van der Waals surface area contributed by atoms with Crippen LogP contribution in [0.15, 0.2) is 18.2 Å². The predicted octanol–water partition coefficient (Wildman–Crippen LogP) is 1.93. The molecule has 0 aliphatic heterocycles. The summed E-state index contributed by atoms with van der Waals surface area (Å²) < 4.78 is 0. The van der Waals surface area contributed by atoms with Crippen molar-refractivity contribution >= 4 is 17.6 Å². The molecule has 0 amide bonds. The van der Waals surface area contributed by atoms with Crippen LogP contribution >= 0.6 is 11.6 Å². The van der Waals surface area contributed by atoms with E-state index in [1.165, 1.54) is 0 Å². The molecule has 14 heavy (non-hydrogen) atoms. The Balaban J connectivity index is 3.00. The number of aromatic carboxylic acids is 1. The highest BCUT2D eigenvalue weighted by Crippen LogP contribution is 2.18. The number of rotatable bonds is 3. The lowest BCUT2D eigenvalue weighted by Crippen LogP contribution is -2.18. The maximum atomic E-state index is 10.7. The Morgan fingerprint density at radius 3 is 2.79 bits per heavy atom. The van der Waals surface area contributed by atoms with Gasteiger partial charge in [0.2, 0.25) is 0 Å². The molecule has 3 N–H and O–H groups in total. The van der Waals surface area contributed by atoms with Gasteiger partial charge in [0.05, 0.1) is 10.6 Å². The Morgan fingerprint density at radius 2 is 2.29 bits per heavy atom. The highest BCUT2D eigenvalue weighted by atomic mass is 35.5. The molecular weight excluding hydrogens is 202 g/mol. The van der Waals surface area contributed by atoms with Gasteiger partial charge in [0, 0.05) is 6.04 Å². The van der Waals surface area contributed by atoms with Crippen LogP contribution in [0.2, 0.25) is 5.02 Å². The Labute approximate surface area is 87.5 Å². The maximum absolute atomic E-state index is 10.7. The van der Waals surface area contributed by atoms with E-state index in [9.17, 15) is 4.79 Å². The first-order valence-electron chi connectivity index (χ1n) is 4.28. The number of hydrogen-bond donors (Lipinski definition) is 2. The number of nitrogens with two attached hydrogens (primary N) is 1. The molecule has 0 bridgehead atoms. The zero-order valence-corrected chi connectivity index (χ0v) is 8.58. The van der Waals surface area contributed by atoms with Gasteiger partial charge in [-0.25, -0.2) is 4.79 Å². The lowest BCUT2D eigenvalue weighted by Gasteiger charge is -2.06. The monoisotopic (exact) mass is 213 g/mol. The first-order valence-corrected chi connectivity index (χ1v) is 4.66. The Kier molecular flexibility index (Phi) is 3.49. The van der Waals surface area contributed by atoms with E-state index in [1.807, 2.05) is 6.92 Å². The van der Waals surface area contributed by atoms with Gasteiger partial charge in [-0.3, -0.25) is 0 Å². The van der Waals surface area contributed by atoms with Gasteiger partial charge in [0.15, 0.2) is 0 Å². The molecule has 1 aromatic rings. The zero-order chi connectivity index (χ0) is 10.7. The van der Waals surface area contributed by atoms with Crippen molar-refractivity contribution in [2.45, 2.75) is 19.4 Å². The van der Waals surface area contributed by atoms with E-state index in [0.29, 0.717) is 6.42 Å². The lowest BCUT2D eigenvalue weighted by molar-refractivity contribution is 0.0697. The third kappa shape index (κ3) is 2.72. The van der Waals surface area contributed by atoms with Crippen molar-refractivity contribution < 1.29 is 9.90 Å². The normalized spacial score (nSPS) is 12.5. The molecule has 1 aromatic carbocycles. The molecule has 1 rings (SSSR count). The fraction of sp³-hybridized carbons (Fsp3) is 0.300. The summed E-state index contributed by atoms with van der Waals surface area (Å²) in [5, 5.41) is 9.06. The van der Waals surface area contributed by atoms with Crippen LogP contribution in [0.3, 0.4) is 0 Å². The smallest absolute Gasteiger partial charge is 0.337 e.